The lowest BCUT2D eigenvalue weighted by Crippen LogP contribution is -2.30. The van der Waals surface area contributed by atoms with E-state index in [2.05, 4.69) is 32.9 Å². The van der Waals surface area contributed by atoms with Gasteiger partial charge < -0.3 is 20.1 Å². The number of methoxy groups -OCH3 is 1. The van der Waals surface area contributed by atoms with Gasteiger partial charge in [0.05, 0.1) is 26.5 Å². The summed E-state index contributed by atoms with van der Waals surface area (Å²) < 4.78 is 12.9. The van der Waals surface area contributed by atoms with Crippen molar-refractivity contribution >= 4 is 11.6 Å². The Hall–Kier alpha value is -3.48. The van der Waals surface area contributed by atoms with Crippen molar-refractivity contribution in [2.45, 2.75) is 20.0 Å². The molecule has 1 heterocycles. The Labute approximate surface area is 171 Å². The number of rotatable bonds is 8. The summed E-state index contributed by atoms with van der Waals surface area (Å²) in [7, 11) is 3.36. The Morgan fingerprint density at radius 3 is 2.66 bits per heavy atom. The van der Waals surface area contributed by atoms with E-state index in [1.807, 2.05) is 60.4 Å². The number of aromatic nitrogens is 2. The van der Waals surface area contributed by atoms with Gasteiger partial charge in [0.25, 0.3) is 0 Å². The summed E-state index contributed by atoms with van der Waals surface area (Å²) in [5.74, 6) is 2.05. The quantitative estimate of drug-likeness (QED) is 0.452. The maximum Gasteiger partial charge on any atom is 0.195 e. The molecule has 0 unspecified atom stereocenters. The molecule has 7 heteroatoms. The van der Waals surface area contributed by atoms with Crippen LogP contribution in [0.25, 0.3) is 0 Å². The van der Waals surface area contributed by atoms with Gasteiger partial charge in [-0.3, -0.25) is 9.67 Å². The van der Waals surface area contributed by atoms with Crippen LogP contribution in [0.4, 0.5) is 5.69 Å². The molecule has 0 bridgehead atoms. The molecule has 0 saturated heterocycles. The van der Waals surface area contributed by atoms with E-state index in [1.54, 1.807) is 14.2 Å². The summed E-state index contributed by atoms with van der Waals surface area (Å²) in [6.07, 6.45) is 3.90. The van der Waals surface area contributed by atoms with Crippen molar-refractivity contribution in [1.29, 1.82) is 0 Å². The molecule has 2 aromatic carbocycles. The molecule has 0 aliphatic heterocycles. The number of hydrogen-bond donors (Lipinski definition) is 2. The molecular weight excluding hydrogens is 366 g/mol. The first-order chi connectivity index (χ1) is 14.2. The van der Waals surface area contributed by atoms with Crippen molar-refractivity contribution in [2.75, 3.05) is 26.1 Å². The third-order valence-electron chi connectivity index (χ3n) is 4.28. The molecule has 29 heavy (non-hydrogen) atoms. The Bertz CT molecular complexity index is 937. The van der Waals surface area contributed by atoms with E-state index in [1.165, 1.54) is 5.56 Å². The number of benzene rings is 2. The smallest absolute Gasteiger partial charge is 0.195 e. The Morgan fingerprint density at radius 1 is 1.10 bits per heavy atom. The fourth-order valence-corrected chi connectivity index (χ4v) is 2.88. The van der Waals surface area contributed by atoms with Crippen molar-refractivity contribution < 1.29 is 9.47 Å². The number of guanidine groups is 1. The summed E-state index contributed by atoms with van der Waals surface area (Å²) in [5, 5.41) is 11.0. The highest BCUT2D eigenvalue weighted by Gasteiger charge is 2.07. The van der Waals surface area contributed by atoms with Crippen LogP contribution in [0.2, 0.25) is 0 Å². The third kappa shape index (κ3) is 5.75. The number of ether oxygens (including phenoxy) is 2. The first-order valence-corrected chi connectivity index (χ1v) is 9.55. The molecule has 7 nitrogen and oxygen atoms in total. The first kappa shape index (κ1) is 20.3. The predicted molar refractivity (Wildman–Crippen MR) is 116 cm³/mol. The number of anilines is 1. The maximum atomic E-state index is 5.56. The van der Waals surface area contributed by atoms with Gasteiger partial charge in [0.15, 0.2) is 17.5 Å². The van der Waals surface area contributed by atoms with E-state index >= 15 is 0 Å². The molecule has 0 spiro atoms. The molecule has 0 amide bonds. The van der Waals surface area contributed by atoms with Crippen LogP contribution >= 0.6 is 0 Å². The highest BCUT2D eigenvalue weighted by atomic mass is 16.5. The topological polar surface area (TPSA) is 72.7 Å². The third-order valence-corrected chi connectivity index (χ3v) is 4.28. The zero-order chi connectivity index (χ0) is 20.5. The molecule has 1 aromatic heterocycles. The minimum absolute atomic E-state index is 0.588. The van der Waals surface area contributed by atoms with E-state index in [9.17, 15) is 0 Å². The molecule has 3 aromatic rings. The van der Waals surface area contributed by atoms with Gasteiger partial charge >= 0.3 is 0 Å². The van der Waals surface area contributed by atoms with Crippen LogP contribution in [0, 0.1) is 0 Å². The van der Waals surface area contributed by atoms with E-state index < -0.39 is 0 Å². The van der Waals surface area contributed by atoms with Gasteiger partial charge in [-0.2, -0.15) is 5.10 Å². The molecule has 0 aliphatic rings. The summed E-state index contributed by atoms with van der Waals surface area (Å²) in [4.78, 5) is 4.28. The molecular formula is C22H27N5O2. The van der Waals surface area contributed by atoms with Gasteiger partial charge in [-0.15, -0.1) is 0 Å². The van der Waals surface area contributed by atoms with Gasteiger partial charge in [0, 0.05) is 37.1 Å². The second-order valence-electron chi connectivity index (χ2n) is 6.38. The summed E-state index contributed by atoms with van der Waals surface area (Å²) in [6, 6.07) is 16.0. The van der Waals surface area contributed by atoms with Gasteiger partial charge in [0.2, 0.25) is 0 Å². The van der Waals surface area contributed by atoms with Crippen molar-refractivity contribution in [3.63, 3.8) is 0 Å². The Kier molecular flexibility index (Phi) is 7.10. The van der Waals surface area contributed by atoms with Crippen LogP contribution in [-0.2, 0) is 13.1 Å². The lowest BCUT2D eigenvalue weighted by Gasteiger charge is -2.14. The molecule has 3 rings (SSSR count). The van der Waals surface area contributed by atoms with Gasteiger partial charge in [-0.1, -0.05) is 30.3 Å². The average molecular weight is 393 g/mol. The number of hydrogen-bond acceptors (Lipinski definition) is 4. The lowest BCUT2D eigenvalue weighted by atomic mass is 10.2. The number of aliphatic imine (C=N–C) groups is 1. The summed E-state index contributed by atoms with van der Waals surface area (Å²) in [6.45, 7) is 3.89. The highest BCUT2D eigenvalue weighted by Crippen LogP contribution is 2.30. The minimum atomic E-state index is 0.588. The molecule has 0 atom stereocenters. The summed E-state index contributed by atoms with van der Waals surface area (Å²) >= 11 is 0. The van der Waals surface area contributed by atoms with Gasteiger partial charge in [0.1, 0.15) is 0 Å². The fourth-order valence-electron chi connectivity index (χ4n) is 2.88. The Balaban J connectivity index is 1.57. The van der Waals surface area contributed by atoms with Crippen LogP contribution in [-0.4, -0.2) is 36.5 Å². The molecule has 0 aliphatic carbocycles. The van der Waals surface area contributed by atoms with Gasteiger partial charge in [-0.25, -0.2) is 0 Å². The van der Waals surface area contributed by atoms with E-state index in [4.69, 9.17) is 9.47 Å². The van der Waals surface area contributed by atoms with Crippen LogP contribution in [0.1, 0.15) is 18.1 Å². The zero-order valence-corrected chi connectivity index (χ0v) is 17.1. The van der Waals surface area contributed by atoms with Gasteiger partial charge in [-0.05, 0) is 24.6 Å². The van der Waals surface area contributed by atoms with Crippen LogP contribution in [0.15, 0.2) is 65.9 Å². The van der Waals surface area contributed by atoms with Crippen LogP contribution in [0.5, 0.6) is 11.5 Å². The predicted octanol–water partition coefficient (Wildman–Crippen LogP) is 3.53. The molecule has 0 saturated carbocycles. The van der Waals surface area contributed by atoms with Crippen molar-refractivity contribution in [2.24, 2.45) is 4.99 Å². The second kappa shape index (κ2) is 10.2. The second-order valence-corrected chi connectivity index (χ2v) is 6.38. The largest absolute Gasteiger partial charge is 0.493 e. The summed E-state index contributed by atoms with van der Waals surface area (Å²) in [5.41, 5.74) is 3.16. The molecule has 0 radical (unpaired) electrons. The SMILES string of the molecule is CCOc1ccc(NC(=NC)NCc2cnn(Cc3ccccc3)c2)cc1OC. The van der Waals surface area contributed by atoms with E-state index in [0.717, 1.165) is 17.8 Å². The number of nitrogens with one attached hydrogen (secondary N) is 2. The normalized spacial score (nSPS) is 11.2. The highest BCUT2D eigenvalue weighted by molar-refractivity contribution is 5.93. The first-order valence-electron chi connectivity index (χ1n) is 9.55. The van der Waals surface area contributed by atoms with Crippen molar-refractivity contribution in [3.05, 3.63) is 72.1 Å². The van der Waals surface area contributed by atoms with Crippen molar-refractivity contribution in [3.8, 4) is 11.5 Å². The molecule has 152 valence electrons. The van der Waals surface area contributed by atoms with E-state index in [-0.39, 0.29) is 0 Å². The van der Waals surface area contributed by atoms with Crippen LogP contribution < -0.4 is 20.1 Å². The maximum absolute atomic E-state index is 5.56. The zero-order valence-electron chi connectivity index (χ0n) is 17.1. The lowest BCUT2D eigenvalue weighted by molar-refractivity contribution is 0.311. The standard InChI is InChI=1S/C22H27N5O2/c1-4-29-20-11-10-19(12-21(20)28-3)26-22(23-2)24-13-18-14-25-27(16-18)15-17-8-6-5-7-9-17/h5-12,14,16H,4,13,15H2,1-3H3,(H2,23,24,26). The fraction of sp³-hybridized carbons (Fsp3) is 0.273. The minimum Gasteiger partial charge on any atom is -0.493 e. The van der Waals surface area contributed by atoms with Crippen LogP contribution in [0.3, 0.4) is 0 Å². The molecule has 0 fully saturated rings. The average Bonchev–Trinajstić information content (AvgIpc) is 3.20. The Morgan fingerprint density at radius 2 is 1.93 bits per heavy atom. The van der Waals surface area contributed by atoms with E-state index in [0.29, 0.717) is 30.6 Å². The number of nitrogens with zero attached hydrogens (tertiary/aromatic N) is 3. The monoisotopic (exact) mass is 393 g/mol. The molecule has 2 N–H and O–H groups in total. The van der Waals surface area contributed by atoms with Crippen molar-refractivity contribution in [1.82, 2.24) is 15.1 Å².